The van der Waals surface area contributed by atoms with E-state index in [-0.39, 0.29) is 12.7 Å². The van der Waals surface area contributed by atoms with Crippen molar-refractivity contribution in [3.8, 4) is 5.75 Å². The number of halogens is 1. The van der Waals surface area contributed by atoms with Gasteiger partial charge in [0.25, 0.3) is 0 Å². The summed E-state index contributed by atoms with van der Waals surface area (Å²) < 4.78 is 11.5. The normalized spacial score (nSPS) is 18.0. The third-order valence-corrected chi connectivity index (χ3v) is 4.96. The van der Waals surface area contributed by atoms with Crippen LogP contribution in [0, 0.1) is 6.92 Å². The highest BCUT2D eigenvalue weighted by Gasteiger charge is 2.21. The molecule has 1 fully saturated rings. The maximum atomic E-state index is 10.5. The molecule has 3 rings (SSSR count). The number of aliphatic hydroxyl groups excluding tert-OH is 1. The van der Waals surface area contributed by atoms with E-state index in [0.717, 1.165) is 48.9 Å². The average molecular weight is 390 g/mol. The van der Waals surface area contributed by atoms with Crippen molar-refractivity contribution in [1.29, 1.82) is 0 Å². The summed E-state index contributed by atoms with van der Waals surface area (Å²) in [6.07, 6.45) is 1.85. The van der Waals surface area contributed by atoms with Crippen LogP contribution in [0.1, 0.15) is 24.0 Å². The van der Waals surface area contributed by atoms with Crippen LogP contribution in [0.15, 0.2) is 48.5 Å². The second-order valence-electron chi connectivity index (χ2n) is 7.24. The van der Waals surface area contributed by atoms with E-state index in [1.54, 1.807) is 0 Å². The van der Waals surface area contributed by atoms with Crippen LogP contribution in [0.5, 0.6) is 5.75 Å². The summed E-state index contributed by atoms with van der Waals surface area (Å²) in [5, 5.41) is 11.3. The van der Waals surface area contributed by atoms with Crippen molar-refractivity contribution in [1.82, 2.24) is 4.90 Å². The third kappa shape index (κ3) is 6.82. The van der Waals surface area contributed by atoms with Crippen LogP contribution in [0.4, 0.5) is 0 Å². The Bertz CT molecular complexity index is 701. The van der Waals surface area contributed by atoms with Gasteiger partial charge in [0, 0.05) is 31.3 Å². The molecule has 146 valence electrons. The summed E-state index contributed by atoms with van der Waals surface area (Å²) in [5.74, 6) is 0.789. The summed E-state index contributed by atoms with van der Waals surface area (Å²) in [6, 6.07) is 15.7. The summed E-state index contributed by atoms with van der Waals surface area (Å²) in [7, 11) is 0. The molecule has 2 aromatic carbocycles. The largest absolute Gasteiger partial charge is 0.491 e. The lowest BCUT2D eigenvalue weighted by Crippen LogP contribution is -2.39. The Morgan fingerprint density at radius 1 is 1.26 bits per heavy atom. The number of hydrogen-bond donors (Lipinski definition) is 1. The Kier molecular flexibility index (Phi) is 7.53. The molecular weight excluding hydrogens is 362 g/mol. The molecular formula is C22H28ClNO3. The first kappa shape index (κ1) is 20.2. The number of benzene rings is 2. The maximum absolute atomic E-state index is 10.5. The topological polar surface area (TPSA) is 41.9 Å². The maximum Gasteiger partial charge on any atom is 0.119 e. The lowest BCUT2D eigenvalue weighted by molar-refractivity contribution is 0.0313. The number of rotatable bonds is 9. The molecule has 2 unspecified atom stereocenters. The second-order valence-corrected chi connectivity index (χ2v) is 7.67. The number of hydrogen-bond acceptors (Lipinski definition) is 4. The van der Waals surface area contributed by atoms with Crippen LogP contribution in [0.25, 0.3) is 0 Å². The lowest BCUT2D eigenvalue weighted by Gasteiger charge is -2.27. The van der Waals surface area contributed by atoms with E-state index >= 15 is 0 Å². The van der Waals surface area contributed by atoms with E-state index in [1.807, 2.05) is 55.5 Å². The molecule has 4 nitrogen and oxygen atoms in total. The fraction of sp³-hybridized carbons (Fsp3) is 0.455. The molecule has 1 aliphatic rings. The van der Waals surface area contributed by atoms with Crippen LogP contribution in [0.2, 0.25) is 5.02 Å². The van der Waals surface area contributed by atoms with Gasteiger partial charge in [0.2, 0.25) is 0 Å². The summed E-state index contributed by atoms with van der Waals surface area (Å²) in [4.78, 5) is 2.24. The van der Waals surface area contributed by atoms with E-state index in [4.69, 9.17) is 21.1 Å². The predicted octanol–water partition coefficient (Wildman–Crippen LogP) is 4.07. The van der Waals surface area contributed by atoms with Gasteiger partial charge in [-0.1, -0.05) is 35.9 Å². The van der Waals surface area contributed by atoms with Crippen molar-refractivity contribution in [3.63, 3.8) is 0 Å². The van der Waals surface area contributed by atoms with E-state index < -0.39 is 6.10 Å². The highest BCUT2D eigenvalue weighted by atomic mass is 35.5. The highest BCUT2D eigenvalue weighted by molar-refractivity contribution is 6.30. The fourth-order valence-electron chi connectivity index (χ4n) is 3.38. The SMILES string of the molecule is Cc1cccc(OCC(O)CN(Cc2ccc(Cl)cc2)CC2CCCO2)c1. The molecule has 0 aromatic heterocycles. The van der Waals surface area contributed by atoms with Crippen LogP contribution < -0.4 is 4.74 Å². The smallest absolute Gasteiger partial charge is 0.119 e. The minimum Gasteiger partial charge on any atom is -0.491 e. The zero-order valence-electron chi connectivity index (χ0n) is 15.8. The van der Waals surface area contributed by atoms with Gasteiger partial charge in [0.1, 0.15) is 18.5 Å². The zero-order valence-corrected chi connectivity index (χ0v) is 16.6. The Hall–Kier alpha value is -1.59. The molecule has 0 aliphatic carbocycles. The van der Waals surface area contributed by atoms with Gasteiger partial charge >= 0.3 is 0 Å². The van der Waals surface area contributed by atoms with Crippen molar-refractivity contribution >= 4 is 11.6 Å². The molecule has 27 heavy (non-hydrogen) atoms. The number of ether oxygens (including phenoxy) is 2. The van der Waals surface area contributed by atoms with Gasteiger partial charge in [-0.25, -0.2) is 0 Å². The van der Waals surface area contributed by atoms with E-state index in [9.17, 15) is 5.11 Å². The first-order valence-electron chi connectivity index (χ1n) is 9.54. The molecule has 1 heterocycles. The van der Waals surface area contributed by atoms with Gasteiger partial charge < -0.3 is 14.6 Å². The number of aliphatic hydroxyl groups is 1. The van der Waals surface area contributed by atoms with Crippen LogP contribution in [0.3, 0.4) is 0 Å². The third-order valence-electron chi connectivity index (χ3n) is 4.71. The molecule has 1 saturated heterocycles. The Labute approximate surface area is 166 Å². The number of aryl methyl sites for hydroxylation is 1. The molecule has 2 atom stereocenters. The summed E-state index contributed by atoms with van der Waals surface area (Å²) in [5.41, 5.74) is 2.31. The molecule has 2 aromatic rings. The Morgan fingerprint density at radius 3 is 2.78 bits per heavy atom. The van der Waals surface area contributed by atoms with E-state index in [0.29, 0.717) is 6.54 Å². The number of nitrogens with zero attached hydrogens (tertiary/aromatic N) is 1. The van der Waals surface area contributed by atoms with Gasteiger partial charge in [-0.05, 0) is 55.2 Å². The molecule has 0 amide bonds. The Balaban J connectivity index is 1.56. The minimum atomic E-state index is -0.570. The second kappa shape index (κ2) is 10.1. The van der Waals surface area contributed by atoms with Gasteiger partial charge in [0.15, 0.2) is 0 Å². The molecule has 0 bridgehead atoms. The van der Waals surface area contributed by atoms with Crippen molar-refractivity contribution in [2.24, 2.45) is 0 Å². The summed E-state index contributed by atoms with van der Waals surface area (Å²) >= 11 is 5.99. The Morgan fingerprint density at radius 2 is 2.07 bits per heavy atom. The predicted molar refractivity (Wildman–Crippen MR) is 108 cm³/mol. The zero-order chi connectivity index (χ0) is 19.1. The van der Waals surface area contributed by atoms with Crippen LogP contribution >= 0.6 is 11.6 Å². The van der Waals surface area contributed by atoms with Crippen molar-refractivity contribution < 1.29 is 14.6 Å². The summed E-state index contributed by atoms with van der Waals surface area (Å²) in [6.45, 7) is 5.22. The van der Waals surface area contributed by atoms with Crippen LogP contribution in [-0.2, 0) is 11.3 Å². The van der Waals surface area contributed by atoms with Crippen molar-refractivity contribution in [3.05, 3.63) is 64.7 Å². The van der Waals surface area contributed by atoms with Gasteiger partial charge in [-0.2, -0.15) is 0 Å². The standard InChI is InChI=1S/C22H28ClNO3/c1-17-4-2-5-21(12-17)27-16-20(25)14-24(15-22-6-3-11-26-22)13-18-7-9-19(23)10-8-18/h2,4-5,7-10,12,20,22,25H,3,6,11,13-16H2,1H3. The van der Waals surface area contributed by atoms with Crippen molar-refractivity contribution in [2.45, 2.75) is 38.5 Å². The van der Waals surface area contributed by atoms with Crippen LogP contribution in [-0.4, -0.2) is 48.5 Å². The van der Waals surface area contributed by atoms with E-state index in [2.05, 4.69) is 4.90 Å². The van der Waals surface area contributed by atoms with Gasteiger partial charge in [0.05, 0.1) is 6.10 Å². The molecule has 0 saturated carbocycles. The average Bonchev–Trinajstić information content (AvgIpc) is 3.15. The molecule has 0 spiro atoms. The molecule has 0 radical (unpaired) electrons. The van der Waals surface area contributed by atoms with E-state index in [1.165, 1.54) is 5.56 Å². The first-order valence-corrected chi connectivity index (χ1v) is 9.92. The van der Waals surface area contributed by atoms with Gasteiger partial charge in [-0.15, -0.1) is 0 Å². The molecule has 5 heteroatoms. The highest BCUT2D eigenvalue weighted by Crippen LogP contribution is 2.17. The minimum absolute atomic E-state index is 0.238. The quantitative estimate of drug-likeness (QED) is 0.702. The first-order chi connectivity index (χ1) is 13.1. The monoisotopic (exact) mass is 389 g/mol. The van der Waals surface area contributed by atoms with Crippen molar-refractivity contribution in [2.75, 3.05) is 26.3 Å². The molecule has 1 aliphatic heterocycles. The lowest BCUT2D eigenvalue weighted by atomic mass is 10.1. The molecule has 1 N–H and O–H groups in total. The fourth-order valence-corrected chi connectivity index (χ4v) is 3.50. The van der Waals surface area contributed by atoms with Gasteiger partial charge in [-0.3, -0.25) is 4.90 Å².